The van der Waals surface area contributed by atoms with E-state index in [2.05, 4.69) is 26.6 Å². The lowest BCUT2D eigenvalue weighted by Crippen LogP contribution is -2.49. The smallest absolute Gasteiger partial charge is 0.250 e. The summed E-state index contributed by atoms with van der Waals surface area (Å²) in [5, 5.41) is 10.4. The number of allylic oxidation sites excluding steroid dienone is 5. The number of anilines is 1. The molecule has 0 saturated carbocycles. The highest BCUT2D eigenvalue weighted by atomic mass is 32.1. The maximum atomic E-state index is 13.3. The second-order valence-electron chi connectivity index (χ2n) is 6.85. The molecule has 2 aliphatic heterocycles. The molecule has 0 amide bonds. The fourth-order valence-electron chi connectivity index (χ4n) is 3.53. The average molecular weight is 381 g/mol. The van der Waals surface area contributed by atoms with Crippen LogP contribution in [-0.2, 0) is 0 Å². The summed E-state index contributed by atoms with van der Waals surface area (Å²) in [5.74, 6) is -2.47. The van der Waals surface area contributed by atoms with Gasteiger partial charge < -0.3 is 4.90 Å². The van der Waals surface area contributed by atoms with Gasteiger partial charge in [0.15, 0.2) is 0 Å². The van der Waals surface area contributed by atoms with Crippen LogP contribution in [0.2, 0.25) is 0 Å². The first kappa shape index (κ1) is 19.2. The first-order valence-corrected chi connectivity index (χ1v) is 10.00. The molecule has 0 bridgehead atoms. The molecule has 1 aromatic heterocycles. The molecule has 2 aliphatic rings. The van der Waals surface area contributed by atoms with Crippen molar-refractivity contribution in [3.63, 3.8) is 0 Å². The molecule has 0 aromatic carbocycles. The first-order chi connectivity index (χ1) is 12.5. The quantitative estimate of drug-likeness (QED) is 0.710. The molecule has 0 radical (unpaired) electrons. The Hall–Kier alpha value is -1.60. The molecule has 1 aromatic rings. The molecule has 3 heterocycles. The Morgan fingerprint density at radius 3 is 2.50 bits per heavy atom. The van der Waals surface area contributed by atoms with Gasteiger partial charge in [0.2, 0.25) is 5.13 Å². The summed E-state index contributed by atoms with van der Waals surface area (Å²) in [4.78, 5) is 4.50. The van der Waals surface area contributed by atoms with Crippen molar-refractivity contribution in [1.82, 2.24) is 15.1 Å². The van der Waals surface area contributed by atoms with E-state index in [1.54, 1.807) is 17.4 Å². The van der Waals surface area contributed by atoms with E-state index in [4.69, 9.17) is 0 Å². The third-order valence-corrected chi connectivity index (χ3v) is 6.16. The lowest BCUT2D eigenvalue weighted by molar-refractivity contribution is -0.0646. The van der Waals surface area contributed by atoms with Gasteiger partial charge in [-0.1, -0.05) is 42.2 Å². The second-order valence-corrected chi connectivity index (χ2v) is 7.81. The van der Waals surface area contributed by atoms with Gasteiger partial charge in [0.1, 0.15) is 5.01 Å². The van der Waals surface area contributed by atoms with Crippen molar-refractivity contribution in [2.45, 2.75) is 44.6 Å². The van der Waals surface area contributed by atoms with Gasteiger partial charge in [0.05, 0.1) is 0 Å². The minimum absolute atomic E-state index is 0.00412. The normalized spacial score (nSPS) is 22.9. The largest absolute Gasteiger partial charge is 0.347 e. The molecular weight excluding hydrogens is 354 g/mol. The number of rotatable bonds is 5. The number of halogens is 2. The van der Waals surface area contributed by atoms with Gasteiger partial charge in [-0.3, -0.25) is 4.90 Å². The van der Waals surface area contributed by atoms with Crippen LogP contribution in [0.3, 0.4) is 0 Å². The highest BCUT2D eigenvalue weighted by Crippen LogP contribution is 2.32. The van der Waals surface area contributed by atoms with E-state index < -0.39 is 5.92 Å². The minimum Gasteiger partial charge on any atom is -0.347 e. The molecule has 0 spiro atoms. The van der Waals surface area contributed by atoms with Gasteiger partial charge in [-0.2, -0.15) is 0 Å². The molecule has 0 unspecified atom stereocenters. The third-order valence-electron chi connectivity index (χ3n) is 5.13. The Morgan fingerprint density at radius 1 is 1.19 bits per heavy atom. The Labute approximate surface area is 157 Å². The Bertz CT molecular complexity index is 665. The van der Waals surface area contributed by atoms with Gasteiger partial charge in [0.25, 0.3) is 5.92 Å². The molecule has 7 heteroatoms. The van der Waals surface area contributed by atoms with Gasteiger partial charge in [-0.05, 0) is 19.8 Å². The van der Waals surface area contributed by atoms with Crippen LogP contribution in [0, 0.1) is 0 Å². The number of piperidine rings is 2. The number of nitrogens with zero attached hydrogens (tertiary/aromatic N) is 4. The molecule has 2 saturated heterocycles. The monoisotopic (exact) mass is 380 g/mol. The van der Waals surface area contributed by atoms with Gasteiger partial charge in [-0.25, -0.2) is 8.78 Å². The average Bonchev–Trinajstić information content (AvgIpc) is 3.13. The third kappa shape index (κ3) is 4.57. The zero-order chi connectivity index (χ0) is 18.6. The maximum absolute atomic E-state index is 13.3. The van der Waals surface area contributed by atoms with Crippen LogP contribution >= 0.6 is 11.3 Å². The molecule has 0 atom stereocenters. The summed E-state index contributed by atoms with van der Waals surface area (Å²) in [7, 11) is 0. The fraction of sp³-hybridized carbons (Fsp3) is 0.579. The fourth-order valence-corrected chi connectivity index (χ4v) is 4.44. The van der Waals surface area contributed by atoms with Crippen molar-refractivity contribution < 1.29 is 8.78 Å². The van der Waals surface area contributed by atoms with E-state index in [0.29, 0.717) is 19.1 Å². The van der Waals surface area contributed by atoms with Crippen LogP contribution in [0.5, 0.6) is 0 Å². The van der Waals surface area contributed by atoms with E-state index >= 15 is 0 Å². The van der Waals surface area contributed by atoms with Crippen molar-refractivity contribution in [3.8, 4) is 0 Å². The zero-order valence-electron chi connectivity index (χ0n) is 15.2. The molecule has 142 valence electrons. The molecule has 3 rings (SSSR count). The van der Waals surface area contributed by atoms with E-state index in [0.717, 1.165) is 41.6 Å². The van der Waals surface area contributed by atoms with Gasteiger partial charge >= 0.3 is 0 Å². The Morgan fingerprint density at radius 2 is 1.88 bits per heavy atom. The van der Waals surface area contributed by atoms with Crippen molar-refractivity contribution in [1.29, 1.82) is 0 Å². The topological polar surface area (TPSA) is 32.3 Å². The molecule has 0 aliphatic carbocycles. The van der Waals surface area contributed by atoms with E-state index in [1.807, 2.05) is 25.2 Å². The van der Waals surface area contributed by atoms with Crippen molar-refractivity contribution in [2.24, 2.45) is 0 Å². The highest BCUT2D eigenvalue weighted by Gasteiger charge is 2.37. The molecule has 2 fully saturated rings. The standard InChI is InChI=1S/C19H26F2N4S/c1-3-5-6-15(4-2)17-22-23-18(26-17)25-11-7-16(8-12-25)24-13-9-19(20,21)10-14-24/h3-6,16H,2,7-14H2,1H3. The summed E-state index contributed by atoms with van der Waals surface area (Å²) in [6, 6.07) is 0.410. The summed E-state index contributed by atoms with van der Waals surface area (Å²) in [6.07, 6.45) is 9.68. The minimum atomic E-state index is -2.47. The van der Waals surface area contributed by atoms with Crippen LogP contribution < -0.4 is 4.90 Å². The predicted molar refractivity (Wildman–Crippen MR) is 104 cm³/mol. The SMILES string of the molecule is C=CC(=CC=CC)c1nnc(N2CCC(N3CCC(F)(F)CC3)CC2)s1. The number of hydrogen-bond acceptors (Lipinski definition) is 5. The lowest BCUT2D eigenvalue weighted by atomic mass is 9.99. The maximum Gasteiger partial charge on any atom is 0.250 e. The highest BCUT2D eigenvalue weighted by molar-refractivity contribution is 7.16. The van der Waals surface area contributed by atoms with Crippen LogP contribution in [0.15, 0.2) is 30.9 Å². The molecule has 26 heavy (non-hydrogen) atoms. The molecular formula is C19H26F2N4S. The van der Waals surface area contributed by atoms with Crippen LogP contribution in [0.4, 0.5) is 13.9 Å². The Balaban J connectivity index is 1.56. The summed E-state index contributed by atoms with van der Waals surface area (Å²) in [6.45, 7) is 8.64. The number of likely N-dealkylation sites (tertiary alicyclic amines) is 1. The number of alkyl halides is 2. The van der Waals surface area contributed by atoms with Crippen LogP contribution in [0.25, 0.3) is 5.57 Å². The molecule has 0 N–H and O–H groups in total. The van der Waals surface area contributed by atoms with Crippen molar-refractivity contribution in [3.05, 3.63) is 35.9 Å². The molecule has 4 nitrogen and oxygen atoms in total. The van der Waals surface area contributed by atoms with Crippen molar-refractivity contribution >= 4 is 22.0 Å². The number of aromatic nitrogens is 2. The Kier molecular flexibility index (Phi) is 6.19. The first-order valence-electron chi connectivity index (χ1n) is 9.18. The number of hydrogen-bond donors (Lipinski definition) is 0. The zero-order valence-corrected chi connectivity index (χ0v) is 16.0. The summed E-state index contributed by atoms with van der Waals surface area (Å²) in [5.41, 5.74) is 0.969. The van der Waals surface area contributed by atoms with E-state index in [9.17, 15) is 8.78 Å². The van der Waals surface area contributed by atoms with Gasteiger partial charge in [-0.15, -0.1) is 10.2 Å². The van der Waals surface area contributed by atoms with Crippen LogP contribution in [-0.4, -0.2) is 53.2 Å². The van der Waals surface area contributed by atoms with E-state index in [1.165, 1.54) is 0 Å². The summed E-state index contributed by atoms with van der Waals surface area (Å²) < 4.78 is 26.7. The van der Waals surface area contributed by atoms with Gasteiger partial charge in [0, 0.05) is 50.6 Å². The summed E-state index contributed by atoms with van der Waals surface area (Å²) >= 11 is 1.58. The predicted octanol–water partition coefficient (Wildman–Crippen LogP) is 4.38. The lowest BCUT2D eigenvalue weighted by Gasteiger charge is -2.41. The van der Waals surface area contributed by atoms with Crippen molar-refractivity contribution in [2.75, 3.05) is 31.1 Å². The van der Waals surface area contributed by atoms with E-state index in [-0.39, 0.29) is 12.8 Å². The van der Waals surface area contributed by atoms with Crippen LogP contribution in [0.1, 0.15) is 37.6 Å². The second kappa shape index (κ2) is 8.39.